The van der Waals surface area contributed by atoms with Gasteiger partial charge in [-0.15, -0.1) is 0 Å². The average molecular weight is 976 g/mol. The van der Waals surface area contributed by atoms with E-state index in [4.69, 9.17) is 11.5 Å². The maximum absolute atomic E-state index is 14.5. The number of fused-ring (bicyclic) bond motifs is 2. The first-order valence-electron chi connectivity index (χ1n) is 24.4. The molecule has 4 fully saturated rings. The first-order chi connectivity index (χ1) is 33.3. The first-order valence-corrected chi connectivity index (χ1v) is 24.4. The van der Waals surface area contributed by atoms with Crippen molar-refractivity contribution in [1.29, 1.82) is 0 Å². The molecule has 2 aromatic carbocycles. The Bertz CT molecular complexity index is 2300. The summed E-state index contributed by atoms with van der Waals surface area (Å²) in [6.07, 6.45) is -1.42. The fourth-order valence-electron chi connectivity index (χ4n) is 10.3. The highest BCUT2D eigenvalue weighted by atomic mass is 19.3. The molecule has 21 heteroatoms. The fraction of sp³-hybridized carbons (Fsp3) is 0.592. The number of alkyl halides is 2. The molecule has 0 spiro atoms. The summed E-state index contributed by atoms with van der Waals surface area (Å²) in [4.78, 5) is 114. The van der Waals surface area contributed by atoms with Crippen LogP contribution in [0.15, 0.2) is 42.5 Å². The smallest absolute Gasteiger partial charge is 0.255 e. The van der Waals surface area contributed by atoms with Gasteiger partial charge in [0.2, 0.25) is 41.4 Å². The quantitative estimate of drug-likeness (QED) is 0.118. The monoisotopic (exact) mass is 976 g/mol. The molecule has 5 aliphatic rings. The van der Waals surface area contributed by atoms with Gasteiger partial charge in [-0.25, -0.2) is 8.78 Å². The maximum atomic E-state index is 14.5. The zero-order valence-corrected chi connectivity index (χ0v) is 40.2. The molecule has 0 aromatic heterocycles. The minimum atomic E-state index is -2.60. The van der Waals surface area contributed by atoms with Crippen molar-refractivity contribution in [2.45, 2.75) is 127 Å². The summed E-state index contributed by atoms with van der Waals surface area (Å²) in [7, 11) is 0. The molecular formula is C49H67F2N11O8. The number of rotatable bonds is 17. The minimum Gasteiger partial charge on any atom is -0.383 e. The van der Waals surface area contributed by atoms with E-state index in [1.165, 1.54) is 14.7 Å². The van der Waals surface area contributed by atoms with Crippen LogP contribution in [-0.4, -0.2) is 173 Å². The number of hydrogen-bond donors (Lipinski definition) is 6. The van der Waals surface area contributed by atoms with Gasteiger partial charge in [-0.05, 0) is 60.8 Å². The SMILES string of the molecule is CC(C)(C)c1ccc(C[C@H](NC(=O)[C@H](CCC(N)=O)NC(=O)[C@@H]2CC[C@@H]3CCN(CC(F)F)C[C@H](N)C(=O)N32)C(=O)N2CCN(CCNc3cccc4c3CN(C3CCC(=O)NC3=O)C4=O)CC2)cc1. The van der Waals surface area contributed by atoms with E-state index in [1.807, 2.05) is 30.3 Å². The molecule has 0 radical (unpaired) electrons. The van der Waals surface area contributed by atoms with Crippen molar-refractivity contribution < 1.29 is 47.1 Å². The normalized spacial score (nSPS) is 23.3. The van der Waals surface area contributed by atoms with Crippen LogP contribution in [0, 0.1) is 0 Å². The van der Waals surface area contributed by atoms with Crippen LogP contribution in [0.1, 0.15) is 92.8 Å². The van der Waals surface area contributed by atoms with Crippen LogP contribution in [0.2, 0.25) is 0 Å². The number of nitrogens with zero attached hydrogens (tertiary/aromatic N) is 5. The molecule has 7 rings (SSSR count). The largest absolute Gasteiger partial charge is 0.383 e. The number of halogens is 2. The van der Waals surface area contributed by atoms with E-state index >= 15 is 0 Å². The molecule has 380 valence electrons. The van der Waals surface area contributed by atoms with E-state index < -0.39 is 78.8 Å². The number of carbonyl (C=O) groups is 8. The van der Waals surface area contributed by atoms with Crippen LogP contribution >= 0.6 is 0 Å². The second-order valence-corrected chi connectivity index (χ2v) is 20.1. The lowest BCUT2D eigenvalue weighted by atomic mass is 9.86. The summed E-state index contributed by atoms with van der Waals surface area (Å²) in [6.45, 7) is 9.10. The second-order valence-electron chi connectivity index (χ2n) is 20.1. The standard InChI is InChI=1S/C49H67F2N11O8/c1-49(2,3)30-9-7-29(8-10-30)25-37(56-43(65)36(12-15-41(53)63)55-45(67)39-13-11-31-17-19-59(28-40(50)51)27-34(52)47(69)62(31)39)48(70)60-23-21-58(22-24-60)20-18-54-35-6-4-5-32-33(35)26-61(46(32)68)38-14-16-42(64)57-44(38)66/h4-10,31,34,36-40,54H,11-28,52H2,1-3H3,(H2,53,63)(H,55,67)(H,56,65)(H,57,64,66)/t31-,34+,36+,37+,38?,39+/m1/s1. The molecule has 8 N–H and O–H groups in total. The zero-order valence-electron chi connectivity index (χ0n) is 40.2. The third-order valence-corrected chi connectivity index (χ3v) is 14.2. The number of piperazine rings is 1. The number of amides is 8. The Morgan fingerprint density at radius 3 is 2.27 bits per heavy atom. The highest BCUT2D eigenvalue weighted by molar-refractivity contribution is 6.06. The summed E-state index contributed by atoms with van der Waals surface area (Å²) < 4.78 is 26.5. The Labute approximate surface area is 406 Å². The molecule has 0 saturated carbocycles. The minimum absolute atomic E-state index is 0.0964. The third kappa shape index (κ3) is 12.4. The van der Waals surface area contributed by atoms with Gasteiger partial charge in [-0.2, -0.15) is 0 Å². The van der Waals surface area contributed by atoms with Crippen molar-refractivity contribution in [2.75, 3.05) is 64.2 Å². The highest BCUT2D eigenvalue weighted by Crippen LogP contribution is 2.33. The molecule has 8 amide bonds. The molecule has 2 aromatic rings. The lowest BCUT2D eigenvalue weighted by molar-refractivity contribution is -0.144. The number of anilines is 1. The summed E-state index contributed by atoms with van der Waals surface area (Å²) >= 11 is 0. The number of carbonyl (C=O) groups excluding carboxylic acids is 8. The van der Waals surface area contributed by atoms with Crippen molar-refractivity contribution in [3.8, 4) is 0 Å². The molecule has 5 heterocycles. The molecule has 6 atom stereocenters. The van der Waals surface area contributed by atoms with Gasteiger partial charge in [0.05, 0.1) is 12.6 Å². The number of nitrogens with two attached hydrogens (primary N) is 2. The maximum Gasteiger partial charge on any atom is 0.255 e. The number of nitrogens with one attached hydrogen (secondary N) is 4. The average Bonchev–Trinajstić information content (AvgIpc) is 3.89. The Balaban J connectivity index is 0.992. The molecule has 70 heavy (non-hydrogen) atoms. The first kappa shape index (κ1) is 51.8. The lowest BCUT2D eigenvalue weighted by Gasteiger charge is -2.38. The van der Waals surface area contributed by atoms with Crippen molar-refractivity contribution >= 4 is 52.9 Å². The van der Waals surface area contributed by atoms with Crippen molar-refractivity contribution in [3.63, 3.8) is 0 Å². The molecule has 4 saturated heterocycles. The van der Waals surface area contributed by atoms with Crippen molar-refractivity contribution in [2.24, 2.45) is 11.5 Å². The molecular weight excluding hydrogens is 909 g/mol. The van der Waals surface area contributed by atoms with Crippen LogP contribution in [0.3, 0.4) is 0 Å². The lowest BCUT2D eigenvalue weighted by Crippen LogP contribution is -2.61. The van der Waals surface area contributed by atoms with Gasteiger partial charge in [0.1, 0.15) is 24.2 Å². The van der Waals surface area contributed by atoms with Crippen LogP contribution < -0.4 is 32.7 Å². The van der Waals surface area contributed by atoms with E-state index in [2.05, 4.69) is 46.9 Å². The van der Waals surface area contributed by atoms with Gasteiger partial charge < -0.3 is 42.1 Å². The number of piperidine rings is 1. The molecule has 5 aliphatic heterocycles. The van der Waals surface area contributed by atoms with Crippen LogP contribution in [0.5, 0.6) is 0 Å². The molecule has 0 aliphatic carbocycles. The van der Waals surface area contributed by atoms with Gasteiger partial charge in [-0.1, -0.05) is 51.1 Å². The second kappa shape index (κ2) is 22.4. The predicted octanol–water partition coefficient (Wildman–Crippen LogP) is 0.437. The summed E-state index contributed by atoms with van der Waals surface area (Å²) in [5, 5.41) is 11.4. The van der Waals surface area contributed by atoms with Crippen molar-refractivity contribution in [1.82, 2.24) is 40.4 Å². The van der Waals surface area contributed by atoms with Gasteiger partial charge in [0, 0.05) is 101 Å². The molecule has 0 bridgehead atoms. The number of imide groups is 1. The summed E-state index contributed by atoms with van der Waals surface area (Å²) in [5.74, 6) is -3.98. The topological polar surface area (TPSA) is 253 Å². The van der Waals surface area contributed by atoms with E-state index in [1.54, 1.807) is 17.0 Å². The Morgan fingerprint density at radius 1 is 0.871 bits per heavy atom. The number of benzene rings is 2. The third-order valence-electron chi connectivity index (χ3n) is 14.2. The van der Waals surface area contributed by atoms with Crippen LogP contribution in [0.4, 0.5) is 14.5 Å². The van der Waals surface area contributed by atoms with Gasteiger partial charge >= 0.3 is 0 Å². The molecule has 1 unspecified atom stereocenters. The molecule has 19 nitrogen and oxygen atoms in total. The van der Waals surface area contributed by atoms with E-state index in [-0.39, 0.29) is 81.3 Å². The predicted molar refractivity (Wildman–Crippen MR) is 254 cm³/mol. The Morgan fingerprint density at radius 2 is 1.60 bits per heavy atom. The Hall–Kier alpha value is -6.06. The summed E-state index contributed by atoms with van der Waals surface area (Å²) in [6, 6.07) is 7.59. The van der Waals surface area contributed by atoms with Crippen LogP contribution in [-0.2, 0) is 51.9 Å². The number of hydrogen-bond acceptors (Lipinski definition) is 12. The van der Waals surface area contributed by atoms with Crippen LogP contribution in [0.25, 0.3) is 0 Å². The fourth-order valence-corrected chi connectivity index (χ4v) is 10.3. The van der Waals surface area contributed by atoms with E-state index in [9.17, 15) is 47.1 Å². The van der Waals surface area contributed by atoms with Gasteiger partial charge in [-0.3, -0.25) is 53.5 Å². The van der Waals surface area contributed by atoms with Crippen molar-refractivity contribution in [3.05, 3.63) is 64.7 Å². The number of primary amides is 1. The van der Waals surface area contributed by atoms with E-state index in [0.29, 0.717) is 57.7 Å². The highest BCUT2D eigenvalue weighted by Gasteiger charge is 2.45. The van der Waals surface area contributed by atoms with E-state index in [0.717, 1.165) is 22.4 Å². The Kier molecular flexibility index (Phi) is 16.5. The summed E-state index contributed by atoms with van der Waals surface area (Å²) in [5.41, 5.74) is 15.5. The van der Waals surface area contributed by atoms with Gasteiger partial charge in [0.15, 0.2) is 0 Å². The van der Waals surface area contributed by atoms with Gasteiger partial charge in [0.25, 0.3) is 12.3 Å². The zero-order chi connectivity index (χ0) is 50.4.